The fourth-order valence-electron chi connectivity index (χ4n) is 2.98. The van der Waals surface area contributed by atoms with E-state index in [2.05, 4.69) is 10.1 Å². The molecule has 1 aliphatic rings. The zero-order valence-electron chi connectivity index (χ0n) is 14.2. The molecule has 134 valence electrons. The Balaban J connectivity index is 1.77. The van der Waals surface area contributed by atoms with Gasteiger partial charge in [0.25, 0.3) is 5.91 Å². The number of aromatic nitrogens is 2. The smallest absolute Gasteiger partial charge is 0.255 e. The molecule has 0 aromatic carbocycles. The standard InChI is InChI=1S/C16H20N4O4S/c1-12-15(13(2)24-18-12)25(22,23)20-8-4-7-19(9-10-20)16(21)14-5-3-6-17-11-14/h3,5-6,11H,4,7-10H2,1-2H3. The topological polar surface area (TPSA) is 96.6 Å². The molecule has 0 saturated carbocycles. The number of amides is 1. The van der Waals surface area contributed by atoms with Gasteiger partial charge in [-0.25, -0.2) is 8.42 Å². The van der Waals surface area contributed by atoms with Crippen molar-refractivity contribution in [3.8, 4) is 0 Å². The molecule has 8 nitrogen and oxygen atoms in total. The van der Waals surface area contributed by atoms with Crippen LogP contribution in [0.5, 0.6) is 0 Å². The number of pyridine rings is 1. The highest BCUT2D eigenvalue weighted by atomic mass is 32.2. The molecule has 3 rings (SSSR count). The van der Waals surface area contributed by atoms with E-state index in [1.165, 1.54) is 10.5 Å². The molecule has 1 fully saturated rings. The minimum Gasteiger partial charge on any atom is -0.360 e. The van der Waals surface area contributed by atoms with Crippen molar-refractivity contribution < 1.29 is 17.7 Å². The van der Waals surface area contributed by atoms with Crippen LogP contribution in [0.1, 0.15) is 28.2 Å². The van der Waals surface area contributed by atoms with Gasteiger partial charge in [-0.15, -0.1) is 0 Å². The fourth-order valence-corrected chi connectivity index (χ4v) is 4.74. The maximum atomic E-state index is 12.9. The van der Waals surface area contributed by atoms with Crippen molar-refractivity contribution in [1.82, 2.24) is 19.3 Å². The molecule has 1 amide bonds. The minimum absolute atomic E-state index is 0.125. The highest BCUT2D eigenvalue weighted by Gasteiger charge is 2.33. The summed E-state index contributed by atoms with van der Waals surface area (Å²) < 4.78 is 32.2. The van der Waals surface area contributed by atoms with E-state index >= 15 is 0 Å². The van der Waals surface area contributed by atoms with E-state index in [1.54, 1.807) is 37.1 Å². The quantitative estimate of drug-likeness (QED) is 0.812. The number of hydrogen-bond donors (Lipinski definition) is 0. The number of sulfonamides is 1. The lowest BCUT2D eigenvalue weighted by atomic mass is 10.2. The second-order valence-corrected chi connectivity index (χ2v) is 7.82. The van der Waals surface area contributed by atoms with Crippen molar-refractivity contribution in [2.45, 2.75) is 25.2 Å². The van der Waals surface area contributed by atoms with Gasteiger partial charge < -0.3 is 9.42 Å². The van der Waals surface area contributed by atoms with E-state index in [0.29, 0.717) is 37.3 Å². The molecule has 25 heavy (non-hydrogen) atoms. The van der Waals surface area contributed by atoms with Crippen LogP contribution < -0.4 is 0 Å². The Hall–Kier alpha value is -2.26. The average molecular weight is 364 g/mol. The molecular formula is C16H20N4O4S. The fraction of sp³-hybridized carbons (Fsp3) is 0.438. The van der Waals surface area contributed by atoms with Gasteiger partial charge in [-0.3, -0.25) is 9.78 Å². The van der Waals surface area contributed by atoms with Gasteiger partial charge in [0, 0.05) is 38.6 Å². The largest absolute Gasteiger partial charge is 0.360 e. The molecular weight excluding hydrogens is 344 g/mol. The van der Waals surface area contributed by atoms with Crippen LogP contribution in [0.15, 0.2) is 33.9 Å². The molecule has 0 atom stereocenters. The number of carbonyl (C=O) groups excluding carboxylic acids is 1. The first kappa shape index (κ1) is 17.6. The van der Waals surface area contributed by atoms with Gasteiger partial charge in [-0.05, 0) is 32.4 Å². The predicted octanol–water partition coefficient (Wildman–Crippen LogP) is 1.22. The van der Waals surface area contributed by atoms with Gasteiger partial charge in [0.15, 0.2) is 5.76 Å². The van der Waals surface area contributed by atoms with Gasteiger partial charge in [0.1, 0.15) is 10.6 Å². The summed E-state index contributed by atoms with van der Waals surface area (Å²) in [4.78, 5) is 18.3. The van der Waals surface area contributed by atoms with E-state index in [0.717, 1.165) is 0 Å². The zero-order chi connectivity index (χ0) is 18.0. The molecule has 0 spiro atoms. The lowest BCUT2D eigenvalue weighted by Gasteiger charge is -2.21. The number of carbonyl (C=O) groups is 1. The van der Waals surface area contributed by atoms with Crippen molar-refractivity contribution in [2.24, 2.45) is 0 Å². The SMILES string of the molecule is Cc1noc(C)c1S(=O)(=O)N1CCCN(C(=O)c2cccnc2)CC1. The van der Waals surface area contributed by atoms with Gasteiger partial charge in [0.05, 0.1) is 5.56 Å². The summed E-state index contributed by atoms with van der Waals surface area (Å²) in [6.45, 7) is 4.61. The summed E-state index contributed by atoms with van der Waals surface area (Å²) in [5.41, 5.74) is 0.856. The molecule has 1 aliphatic heterocycles. The second kappa shape index (κ2) is 6.93. The Morgan fingerprint density at radius 3 is 2.64 bits per heavy atom. The molecule has 2 aromatic heterocycles. The first-order chi connectivity index (χ1) is 11.9. The number of nitrogens with zero attached hydrogens (tertiary/aromatic N) is 4. The molecule has 9 heteroatoms. The Morgan fingerprint density at radius 2 is 2.00 bits per heavy atom. The Morgan fingerprint density at radius 1 is 1.20 bits per heavy atom. The molecule has 0 aliphatic carbocycles. The van der Waals surface area contributed by atoms with Gasteiger partial charge >= 0.3 is 0 Å². The number of rotatable bonds is 3. The third-order valence-corrected chi connectivity index (χ3v) is 6.36. The molecule has 3 heterocycles. The third-order valence-electron chi connectivity index (χ3n) is 4.22. The van der Waals surface area contributed by atoms with Gasteiger partial charge in [-0.2, -0.15) is 4.31 Å². The molecule has 2 aromatic rings. The van der Waals surface area contributed by atoms with E-state index in [9.17, 15) is 13.2 Å². The normalized spacial score (nSPS) is 16.6. The van der Waals surface area contributed by atoms with Gasteiger partial charge in [0.2, 0.25) is 10.0 Å². The predicted molar refractivity (Wildman–Crippen MR) is 89.5 cm³/mol. The Kier molecular flexibility index (Phi) is 4.87. The molecule has 1 saturated heterocycles. The highest BCUT2D eigenvalue weighted by molar-refractivity contribution is 7.89. The molecule has 0 bridgehead atoms. The minimum atomic E-state index is -3.69. The van der Waals surface area contributed by atoms with Crippen molar-refractivity contribution in [3.63, 3.8) is 0 Å². The van der Waals surface area contributed by atoms with Crippen molar-refractivity contribution in [1.29, 1.82) is 0 Å². The van der Waals surface area contributed by atoms with Crippen LogP contribution in [0.4, 0.5) is 0 Å². The first-order valence-electron chi connectivity index (χ1n) is 8.03. The van der Waals surface area contributed by atoms with Crippen LogP contribution in [0.2, 0.25) is 0 Å². The maximum absolute atomic E-state index is 12.9. The van der Waals surface area contributed by atoms with E-state index < -0.39 is 10.0 Å². The summed E-state index contributed by atoms with van der Waals surface area (Å²) in [7, 11) is -3.69. The number of hydrogen-bond acceptors (Lipinski definition) is 6. The Labute approximate surface area is 146 Å². The van der Waals surface area contributed by atoms with Crippen LogP contribution in [-0.4, -0.2) is 59.8 Å². The van der Waals surface area contributed by atoms with Crippen molar-refractivity contribution in [2.75, 3.05) is 26.2 Å². The summed E-state index contributed by atoms with van der Waals surface area (Å²) >= 11 is 0. The maximum Gasteiger partial charge on any atom is 0.255 e. The summed E-state index contributed by atoms with van der Waals surface area (Å²) in [6, 6.07) is 3.41. The van der Waals surface area contributed by atoms with Crippen LogP contribution in [0.25, 0.3) is 0 Å². The molecule has 0 unspecified atom stereocenters. The van der Waals surface area contributed by atoms with Crippen molar-refractivity contribution in [3.05, 3.63) is 41.5 Å². The lowest BCUT2D eigenvalue weighted by Crippen LogP contribution is -2.37. The van der Waals surface area contributed by atoms with Crippen LogP contribution >= 0.6 is 0 Å². The van der Waals surface area contributed by atoms with Crippen LogP contribution in [-0.2, 0) is 10.0 Å². The second-order valence-electron chi connectivity index (χ2n) is 5.94. The molecule has 0 radical (unpaired) electrons. The van der Waals surface area contributed by atoms with Crippen molar-refractivity contribution >= 4 is 15.9 Å². The zero-order valence-corrected chi connectivity index (χ0v) is 15.0. The Bertz CT molecular complexity index is 844. The van der Waals surface area contributed by atoms with E-state index in [-0.39, 0.29) is 23.1 Å². The summed E-state index contributed by atoms with van der Waals surface area (Å²) in [5.74, 6) is 0.148. The molecule has 0 N–H and O–H groups in total. The van der Waals surface area contributed by atoms with Crippen LogP contribution in [0, 0.1) is 13.8 Å². The van der Waals surface area contributed by atoms with E-state index in [1.807, 2.05) is 0 Å². The number of aryl methyl sites for hydroxylation is 2. The highest BCUT2D eigenvalue weighted by Crippen LogP contribution is 2.24. The summed E-state index contributed by atoms with van der Waals surface area (Å²) in [6.07, 6.45) is 3.69. The average Bonchev–Trinajstić information content (AvgIpc) is 2.81. The lowest BCUT2D eigenvalue weighted by molar-refractivity contribution is 0.0764. The third kappa shape index (κ3) is 3.42. The monoisotopic (exact) mass is 364 g/mol. The van der Waals surface area contributed by atoms with Crippen LogP contribution in [0.3, 0.4) is 0 Å². The van der Waals surface area contributed by atoms with Gasteiger partial charge in [-0.1, -0.05) is 5.16 Å². The summed E-state index contributed by atoms with van der Waals surface area (Å²) in [5, 5.41) is 3.73. The first-order valence-corrected chi connectivity index (χ1v) is 9.47. The van der Waals surface area contributed by atoms with E-state index in [4.69, 9.17) is 4.52 Å².